The van der Waals surface area contributed by atoms with Crippen molar-refractivity contribution < 1.29 is 19.2 Å². The molecule has 2 atom stereocenters. The molecule has 36 heavy (non-hydrogen) atoms. The number of phenols is 1. The number of hydrogen-bond acceptors (Lipinski definition) is 6. The highest BCUT2D eigenvalue weighted by Crippen LogP contribution is 2.29. The number of hydrogen-bond donors (Lipinski definition) is 6. The molecule has 0 bridgehead atoms. The van der Waals surface area contributed by atoms with Crippen LogP contribution < -0.4 is 27.8 Å². The summed E-state index contributed by atoms with van der Waals surface area (Å²) in [6, 6.07) is 2.97. The van der Waals surface area contributed by atoms with E-state index in [2.05, 4.69) is 17.7 Å². The first-order valence-corrected chi connectivity index (χ1v) is 13.6. The van der Waals surface area contributed by atoms with Crippen LogP contribution in [0.15, 0.2) is 18.2 Å². The molecule has 0 aliphatic heterocycles. The second kappa shape index (κ2) is 15.4. The molecule has 2 amide bonds. The van der Waals surface area contributed by atoms with E-state index in [-0.39, 0.29) is 23.3 Å². The van der Waals surface area contributed by atoms with Crippen LogP contribution >= 0.6 is 11.6 Å². The van der Waals surface area contributed by atoms with Crippen molar-refractivity contribution in [2.24, 2.45) is 23.1 Å². The van der Waals surface area contributed by atoms with E-state index in [0.29, 0.717) is 36.9 Å². The largest absolute Gasteiger partial charge is 0.506 e. The predicted octanol–water partition coefficient (Wildman–Crippen LogP) is 2.30. The number of quaternary nitrogens is 1. The summed E-state index contributed by atoms with van der Waals surface area (Å²) in [6.07, 6.45) is 8.60. The zero-order valence-corrected chi connectivity index (χ0v) is 22.4. The topological polar surface area (TPSA) is 156 Å². The molecule has 10 heteroatoms. The smallest absolute Gasteiger partial charge is 0.247 e. The first kappa shape index (κ1) is 30.3. The highest BCUT2D eigenvalue weighted by molar-refractivity contribution is 6.31. The van der Waals surface area contributed by atoms with Crippen molar-refractivity contribution in [1.82, 2.24) is 5.32 Å². The van der Waals surface area contributed by atoms with Crippen LogP contribution in [-0.4, -0.2) is 73.3 Å². The van der Waals surface area contributed by atoms with Gasteiger partial charge < -0.3 is 37.4 Å². The molecule has 9 N–H and O–H groups in total. The molecule has 1 aromatic carbocycles. The average Bonchev–Trinajstić information content (AvgIpc) is 2.84. The predicted molar refractivity (Wildman–Crippen MR) is 146 cm³/mol. The number of amides is 2. The second-order valence-corrected chi connectivity index (χ2v) is 10.8. The van der Waals surface area contributed by atoms with Gasteiger partial charge in [0, 0.05) is 18.1 Å². The number of carbonyl (C=O) groups is 2. The number of phenolic OH excluding ortho intramolecular Hbond substituents is 1. The third kappa shape index (κ3) is 10.2. The number of carbonyl (C=O) groups excluding carboxylic acids is 2. The van der Waals surface area contributed by atoms with Crippen LogP contribution in [0.25, 0.3) is 0 Å². The van der Waals surface area contributed by atoms with E-state index in [9.17, 15) is 14.7 Å². The monoisotopic (exact) mass is 525 g/mol. The second-order valence-electron chi connectivity index (χ2n) is 10.4. The lowest BCUT2D eigenvalue weighted by Gasteiger charge is -2.34. The number of aromatic hydroxyl groups is 1. The molecule has 0 heterocycles. The van der Waals surface area contributed by atoms with E-state index in [4.69, 9.17) is 28.8 Å². The van der Waals surface area contributed by atoms with Gasteiger partial charge >= 0.3 is 0 Å². The Morgan fingerprint density at radius 2 is 1.75 bits per heavy atom. The maximum atomic E-state index is 13.1. The number of benzene rings is 1. The standard InChI is InChI=1S/C26H45ClN6O3/c1-33(16-13-28,17-14-29)15-5-8-21(30)25(35)31-22(11-9-19-6-3-2-4-7-19)26(36)32-23-18-20(27)10-12-24(23)34/h10,12,18-19,21-22H,2-9,11,13-17,28-30H2,1H3,(H2-,31,32,34,35,36)/p+1/t21-,22+/m0/s1. The van der Waals surface area contributed by atoms with Crippen molar-refractivity contribution in [1.29, 1.82) is 0 Å². The quantitative estimate of drug-likeness (QED) is 0.152. The minimum atomic E-state index is -0.751. The number of halogens is 1. The molecule has 0 aromatic heterocycles. The Bertz CT molecular complexity index is 828. The highest BCUT2D eigenvalue weighted by Gasteiger charge is 2.27. The Morgan fingerprint density at radius 3 is 2.39 bits per heavy atom. The number of nitrogens with one attached hydrogen (secondary N) is 2. The van der Waals surface area contributed by atoms with Crippen LogP contribution in [0.2, 0.25) is 5.02 Å². The fraction of sp³-hybridized carbons (Fsp3) is 0.692. The van der Waals surface area contributed by atoms with Crippen molar-refractivity contribution in [3.05, 3.63) is 23.2 Å². The fourth-order valence-electron chi connectivity index (χ4n) is 5.04. The molecule has 9 nitrogen and oxygen atoms in total. The van der Waals surface area contributed by atoms with Crippen molar-refractivity contribution in [2.45, 2.75) is 69.9 Å². The Kier molecular flexibility index (Phi) is 12.9. The van der Waals surface area contributed by atoms with Gasteiger partial charge in [0.2, 0.25) is 11.8 Å². The molecule has 1 aliphatic carbocycles. The van der Waals surface area contributed by atoms with Gasteiger partial charge in [-0.3, -0.25) is 9.59 Å². The maximum Gasteiger partial charge on any atom is 0.247 e. The molecule has 1 aromatic rings. The van der Waals surface area contributed by atoms with Crippen molar-refractivity contribution in [3.8, 4) is 5.75 Å². The van der Waals surface area contributed by atoms with Crippen LogP contribution in [0.4, 0.5) is 5.69 Å². The van der Waals surface area contributed by atoms with E-state index in [1.165, 1.54) is 31.4 Å². The Morgan fingerprint density at radius 1 is 1.08 bits per heavy atom. The summed E-state index contributed by atoms with van der Waals surface area (Å²) < 4.78 is 0.747. The Balaban J connectivity index is 1.99. The molecule has 1 fully saturated rings. The van der Waals surface area contributed by atoms with Gasteiger partial charge in [-0.15, -0.1) is 0 Å². The van der Waals surface area contributed by atoms with E-state index in [1.54, 1.807) is 6.07 Å². The lowest BCUT2D eigenvalue weighted by molar-refractivity contribution is -0.907. The Hall–Kier alpha value is -1.91. The molecule has 0 spiro atoms. The average molecular weight is 526 g/mol. The summed E-state index contributed by atoms with van der Waals surface area (Å²) >= 11 is 6.02. The van der Waals surface area contributed by atoms with Crippen LogP contribution in [0, 0.1) is 5.92 Å². The Labute approximate surface area is 220 Å². The van der Waals surface area contributed by atoms with Crippen molar-refractivity contribution in [3.63, 3.8) is 0 Å². The molecule has 0 saturated heterocycles. The lowest BCUT2D eigenvalue weighted by Crippen LogP contribution is -2.52. The molecule has 0 radical (unpaired) electrons. The van der Waals surface area contributed by atoms with Crippen LogP contribution in [-0.2, 0) is 9.59 Å². The fourth-order valence-corrected chi connectivity index (χ4v) is 5.21. The van der Waals surface area contributed by atoms with Gasteiger partial charge in [0.25, 0.3) is 0 Å². The summed E-state index contributed by atoms with van der Waals surface area (Å²) in [5.41, 5.74) is 17.9. The molecule has 0 unspecified atom stereocenters. The summed E-state index contributed by atoms with van der Waals surface area (Å²) in [5, 5.41) is 16.1. The number of anilines is 1. The van der Waals surface area contributed by atoms with Gasteiger partial charge in [0.05, 0.1) is 38.4 Å². The van der Waals surface area contributed by atoms with Gasteiger partial charge in [-0.25, -0.2) is 0 Å². The van der Waals surface area contributed by atoms with E-state index in [0.717, 1.165) is 49.8 Å². The third-order valence-corrected chi connectivity index (χ3v) is 7.56. The van der Waals surface area contributed by atoms with Gasteiger partial charge in [0.1, 0.15) is 11.8 Å². The molecular weight excluding hydrogens is 480 g/mol. The molecule has 1 saturated carbocycles. The van der Waals surface area contributed by atoms with Crippen molar-refractivity contribution in [2.75, 3.05) is 45.1 Å². The highest BCUT2D eigenvalue weighted by atomic mass is 35.5. The molecule has 2 rings (SSSR count). The summed E-state index contributed by atoms with van der Waals surface area (Å²) in [5.74, 6) is -0.266. The number of rotatable bonds is 15. The van der Waals surface area contributed by atoms with Gasteiger partial charge in [-0.05, 0) is 49.8 Å². The van der Waals surface area contributed by atoms with Crippen LogP contribution in [0.5, 0.6) is 5.75 Å². The normalized spacial score (nSPS) is 16.4. The minimum Gasteiger partial charge on any atom is -0.506 e. The van der Waals surface area contributed by atoms with E-state index >= 15 is 0 Å². The van der Waals surface area contributed by atoms with Gasteiger partial charge in [-0.1, -0.05) is 43.7 Å². The summed E-state index contributed by atoms with van der Waals surface area (Å²) in [6.45, 7) is 3.61. The number of nitrogens with two attached hydrogens (primary N) is 3. The molecular formula is C26H46ClN6O3+. The molecule has 1 aliphatic rings. The zero-order chi connectivity index (χ0) is 26.6. The van der Waals surface area contributed by atoms with E-state index in [1.807, 2.05) is 0 Å². The maximum absolute atomic E-state index is 13.1. The van der Waals surface area contributed by atoms with E-state index < -0.39 is 12.1 Å². The van der Waals surface area contributed by atoms with Crippen LogP contribution in [0.1, 0.15) is 57.8 Å². The number of nitrogens with zero attached hydrogens (tertiary/aromatic N) is 1. The van der Waals surface area contributed by atoms with Crippen LogP contribution in [0.3, 0.4) is 0 Å². The number of likely N-dealkylation sites (N-methyl/N-ethyl adjacent to an activating group) is 1. The first-order valence-electron chi connectivity index (χ1n) is 13.3. The summed E-state index contributed by atoms with van der Waals surface area (Å²) in [7, 11) is 2.11. The summed E-state index contributed by atoms with van der Waals surface area (Å²) in [4.78, 5) is 26.1. The molecule has 204 valence electrons. The minimum absolute atomic E-state index is 0.0852. The first-order chi connectivity index (χ1) is 17.2. The third-order valence-electron chi connectivity index (χ3n) is 7.33. The SMILES string of the molecule is C[N+](CCN)(CCN)CCC[C@H](N)C(=O)N[C@H](CCC1CCCCC1)C(=O)Nc1cc(Cl)ccc1O. The van der Waals surface area contributed by atoms with Crippen molar-refractivity contribution >= 4 is 29.1 Å². The lowest BCUT2D eigenvalue weighted by atomic mass is 9.85. The zero-order valence-electron chi connectivity index (χ0n) is 21.7. The van der Waals surface area contributed by atoms with Gasteiger partial charge in [0.15, 0.2) is 0 Å². The van der Waals surface area contributed by atoms with Gasteiger partial charge in [-0.2, -0.15) is 0 Å².